The van der Waals surface area contributed by atoms with Crippen molar-refractivity contribution in [1.82, 2.24) is 24.5 Å². The normalized spacial score (nSPS) is 21.8. The molecule has 4 heterocycles. The fourth-order valence-electron chi connectivity index (χ4n) is 3.92. The Kier molecular flexibility index (Phi) is 2.97. The van der Waals surface area contributed by atoms with E-state index in [9.17, 15) is 8.78 Å². The lowest BCUT2D eigenvalue weighted by Crippen LogP contribution is -2.50. The molecule has 1 aromatic carbocycles. The fraction of sp³-hybridized carbons (Fsp3) is 0.438. The molecule has 0 N–H and O–H groups in total. The van der Waals surface area contributed by atoms with Crippen LogP contribution in [0.15, 0.2) is 18.5 Å². The van der Waals surface area contributed by atoms with Gasteiger partial charge in [0.2, 0.25) is 0 Å². The number of benzene rings is 1. The van der Waals surface area contributed by atoms with Crippen LogP contribution in [0.1, 0.15) is 12.8 Å². The maximum Gasteiger partial charge on any atom is 0.199 e. The quantitative estimate of drug-likeness (QED) is 0.681. The predicted octanol–water partition coefficient (Wildman–Crippen LogP) is 1.84. The standard InChI is InChI=1S/C16H16F2N6/c17-11-6-13-14(7-12(11)18)24-15(19-9-20-24)16(21-13)23-5-4-22-3-1-2-10(22)8-23/h6-7,9-10H,1-5,8H2. The van der Waals surface area contributed by atoms with Crippen molar-refractivity contribution in [3.8, 4) is 0 Å². The van der Waals surface area contributed by atoms with Gasteiger partial charge in [-0.15, -0.1) is 0 Å². The Hall–Kier alpha value is -2.35. The number of piperazine rings is 1. The topological polar surface area (TPSA) is 49.6 Å². The highest BCUT2D eigenvalue weighted by molar-refractivity contribution is 5.82. The SMILES string of the molecule is Fc1cc2nc(N3CCN4CCCC4C3)c3ncnn3c2cc1F. The molecule has 1 atom stereocenters. The summed E-state index contributed by atoms with van der Waals surface area (Å²) in [5.74, 6) is -1.12. The monoisotopic (exact) mass is 330 g/mol. The average molecular weight is 330 g/mol. The maximum atomic E-state index is 13.6. The third kappa shape index (κ3) is 1.99. The lowest BCUT2D eigenvalue weighted by Gasteiger charge is -2.38. The molecule has 124 valence electrons. The van der Waals surface area contributed by atoms with Gasteiger partial charge >= 0.3 is 0 Å². The minimum Gasteiger partial charge on any atom is -0.351 e. The van der Waals surface area contributed by atoms with E-state index in [1.54, 1.807) is 4.52 Å². The number of nitrogens with zero attached hydrogens (tertiary/aromatic N) is 6. The second-order valence-electron chi connectivity index (χ2n) is 6.46. The molecule has 0 radical (unpaired) electrons. The van der Waals surface area contributed by atoms with E-state index in [0.717, 1.165) is 38.3 Å². The zero-order valence-corrected chi connectivity index (χ0v) is 13.0. The van der Waals surface area contributed by atoms with Crippen LogP contribution in [0.25, 0.3) is 16.7 Å². The first kappa shape index (κ1) is 14.0. The van der Waals surface area contributed by atoms with Crippen molar-refractivity contribution in [2.45, 2.75) is 18.9 Å². The summed E-state index contributed by atoms with van der Waals surface area (Å²) in [6.45, 7) is 3.88. The molecule has 0 saturated carbocycles. The lowest BCUT2D eigenvalue weighted by molar-refractivity contribution is 0.230. The highest BCUT2D eigenvalue weighted by atomic mass is 19.2. The summed E-state index contributed by atoms with van der Waals surface area (Å²) >= 11 is 0. The highest BCUT2D eigenvalue weighted by Crippen LogP contribution is 2.28. The Morgan fingerprint density at radius 2 is 1.96 bits per heavy atom. The molecule has 2 aromatic heterocycles. The van der Waals surface area contributed by atoms with Gasteiger partial charge in [0, 0.05) is 37.8 Å². The third-order valence-corrected chi connectivity index (χ3v) is 5.11. The molecule has 0 amide bonds. The van der Waals surface area contributed by atoms with Crippen LogP contribution in [0.3, 0.4) is 0 Å². The minimum atomic E-state index is -0.909. The molecular formula is C16H16F2N6. The Bertz CT molecular complexity index is 939. The van der Waals surface area contributed by atoms with Crippen LogP contribution in [0, 0.1) is 11.6 Å². The number of fused-ring (bicyclic) bond motifs is 4. The van der Waals surface area contributed by atoms with E-state index < -0.39 is 11.6 Å². The first-order valence-electron chi connectivity index (χ1n) is 8.18. The van der Waals surface area contributed by atoms with Crippen LogP contribution >= 0.6 is 0 Å². The lowest BCUT2D eigenvalue weighted by atomic mass is 10.1. The van der Waals surface area contributed by atoms with Gasteiger partial charge in [-0.05, 0) is 19.4 Å². The molecule has 2 fully saturated rings. The van der Waals surface area contributed by atoms with E-state index in [-0.39, 0.29) is 0 Å². The van der Waals surface area contributed by atoms with E-state index in [2.05, 4.69) is 24.9 Å². The van der Waals surface area contributed by atoms with E-state index in [0.29, 0.717) is 28.5 Å². The smallest absolute Gasteiger partial charge is 0.199 e. The van der Waals surface area contributed by atoms with Gasteiger partial charge in [-0.1, -0.05) is 0 Å². The van der Waals surface area contributed by atoms with Crippen LogP contribution in [0.4, 0.5) is 14.6 Å². The van der Waals surface area contributed by atoms with E-state index in [1.807, 2.05) is 0 Å². The van der Waals surface area contributed by atoms with Crippen molar-refractivity contribution < 1.29 is 8.78 Å². The van der Waals surface area contributed by atoms with Crippen molar-refractivity contribution in [3.63, 3.8) is 0 Å². The van der Waals surface area contributed by atoms with Gasteiger partial charge in [0.05, 0.1) is 11.0 Å². The zero-order chi connectivity index (χ0) is 16.3. The van der Waals surface area contributed by atoms with Crippen molar-refractivity contribution in [2.24, 2.45) is 0 Å². The first-order chi connectivity index (χ1) is 11.7. The molecule has 8 heteroatoms. The Morgan fingerprint density at radius 3 is 2.88 bits per heavy atom. The van der Waals surface area contributed by atoms with Gasteiger partial charge in [0.15, 0.2) is 23.1 Å². The van der Waals surface area contributed by atoms with Crippen molar-refractivity contribution in [1.29, 1.82) is 0 Å². The van der Waals surface area contributed by atoms with Crippen LogP contribution in [0.5, 0.6) is 0 Å². The van der Waals surface area contributed by atoms with Gasteiger partial charge in [-0.25, -0.2) is 23.3 Å². The van der Waals surface area contributed by atoms with Crippen LogP contribution in [-0.4, -0.2) is 56.7 Å². The van der Waals surface area contributed by atoms with Crippen LogP contribution in [-0.2, 0) is 0 Å². The second kappa shape index (κ2) is 5.07. The molecule has 0 aliphatic carbocycles. The number of hydrogen-bond acceptors (Lipinski definition) is 5. The van der Waals surface area contributed by atoms with Gasteiger partial charge in [-0.3, -0.25) is 4.90 Å². The molecule has 2 aliphatic heterocycles. The summed E-state index contributed by atoms with van der Waals surface area (Å²) in [6.07, 6.45) is 3.84. The summed E-state index contributed by atoms with van der Waals surface area (Å²) < 4.78 is 28.8. The second-order valence-corrected chi connectivity index (χ2v) is 6.46. The predicted molar refractivity (Wildman–Crippen MR) is 85.0 cm³/mol. The molecule has 0 bridgehead atoms. The van der Waals surface area contributed by atoms with Gasteiger partial charge in [0.1, 0.15) is 6.33 Å². The Morgan fingerprint density at radius 1 is 1.08 bits per heavy atom. The van der Waals surface area contributed by atoms with E-state index >= 15 is 0 Å². The minimum absolute atomic E-state index is 0.385. The number of halogens is 2. The molecule has 0 spiro atoms. The highest BCUT2D eigenvalue weighted by Gasteiger charge is 2.32. The summed E-state index contributed by atoms with van der Waals surface area (Å²) in [5.41, 5.74) is 1.39. The van der Waals surface area contributed by atoms with Crippen molar-refractivity contribution in [2.75, 3.05) is 31.1 Å². The Labute approximate surface area is 136 Å². The summed E-state index contributed by atoms with van der Waals surface area (Å²) in [4.78, 5) is 13.6. The molecule has 5 rings (SSSR count). The third-order valence-electron chi connectivity index (χ3n) is 5.11. The molecule has 3 aromatic rings. The van der Waals surface area contributed by atoms with Crippen LogP contribution < -0.4 is 4.90 Å². The van der Waals surface area contributed by atoms with Crippen LogP contribution in [0.2, 0.25) is 0 Å². The molecular weight excluding hydrogens is 314 g/mol. The molecule has 24 heavy (non-hydrogen) atoms. The number of rotatable bonds is 1. The summed E-state index contributed by atoms with van der Waals surface area (Å²) in [7, 11) is 0. The average Bonchev–Trinajstić information content (AvgIpc) is 3.23. The van der Waals surface area contributed by atoms with Gasteiger partial charge < -0.3 is 4.90 Å². The first-order valence-corrected chi connectivity index (χ1v) is 8.18. The van der Waals surface area contributed by atoms with Gasteiger partial charge in [0.25, 0.3) is 0 Å². The van der Waals surface area contributed by atoms with E-state index in [4.69, 9.17) is 0 Å². The summed E-state index contributed by atoms with van der Waals surface area (Å²) in [5, 5.41) is 4.18. The molecule has 1 unspecified atom stereocenters. The molecule has 2 aliphatic rings. The fourth-order valence-corrected chi connectivity index (χ4v) is 3.92. The summed E-state index contributed by atoms with van der Waals surface area (Å²) in [6, 6.07) is 2.78. The van der Waals surface area contributed by atoms with E-state index in [1.165, 1.54) is 19.2 Å². The van der Waals surface area contributed by atoms with Crippen molar-refractivity contribution in [3.05, 3.63) is 30.1 Å². The van der Waals surface area contributed by atoms with Crippen molar-refractivity contribution >= 4 is 22.5 Å². The Balaban J connectivity index is 1.67. The van der Waals surface area contributed by atoms with Gasteiger partial charge in [-0.2, -0.15) is 5.10 Å². The number of hydrogen-bond donors (Lipinski definition) is 0. The molecule has 6 nitrogen and oxygen atoms in total. The largest absolute Gasteiger partial charge is 0.351 e. The zero-order valence-electron chi connectivity index (χ0n) is 13.0. The number of aromatic nitrogens is 4. The maximum absolute atomic E-state index is 13.6. The molecule has 2 saturated heterocycles. The number of anilines is 1.